The van der Waals surface area contributed by atoms with Crippen LogP contribution in [0, 0.1) is 0 Å². The van der Waals surface area contributed by atoms with Gasteiger partial charge in [-0.15, -0.1) is 0 Å². The van der Waals surface area contributed by atoms with Gasteiger partial charge in [-0.2, -0.15) is 0 Å². The van der Waals surface area contributed by atoms with Gasteiger partial charge in [0.1, 0.15) is 5.82 Å². The maximum Gasteiger partial charge on any atom is 0.123 e. The van der Waals surface area contributed by atoms with Crippen LogP contribution in [0.3, 0.4) is 0 Å². The van der Waals surface area contributed by atoms with Gasteiger partial charge >= 0.3 is 0 Å². The van der Waals surface area contributed by atoms with Gasteiger partial charge in [-0.25, -0.2) is 4.98 Å². The van der Waals surface area contributed by atoms with Gasteiger partial charge in [0.2, 0.25) is 0 Å². The van der Waals surface area contributed by atoms with Crippen LogP contribution in [-0.4, -0.2) is 9.97 Å². The molecule has 3 aromatic rings. The normalized spacial score (nSPS) is 15.7. The third-order valence-corrected chi connectivity index (χ3v) is 4.96. The minimum absolute atomic E-state index is 0.272. The van der Waals surface area contributed by atoms with Gasteiger partial charge in [-0.3, -0.25) is 4.98 Å². The number of nitrogens with zero attached hydrogens (tertiary/aromatic N) is 2. The lowest BCUT2D eigenvalue weighted by Crippen LogP contribution is -2.04. The molecule has 1 aromatic carbocycles. The second-order valence-corrected chi connectivity index (χ2v) is 6.72. The SMILES string of the molecule is CCc1nc(N)ccc1-c1cccc2ccc(C3(C)CC3)nc12. The monoisotopic (exact) mass is 303 g/mol. The molecule has 3 nitrogen and oxygen atoms in total. The van der Waals surface area contributed by atoms with E-state index in [1.807, 2.05) is 6.07 Å². The van der Waals surface area contributed by atoms with Crippen molar-refractivity contribution in [1.82, 2.24) is 9.97 Å². The van der Waals surface area contributed by atoms with Gasteiger partial charge in [0, 0.05) is 27.6 Å². The lowest BCUT2D eigenvalue weighted by molar-refractivity contribution is 0.756. The highest BCUT2D eigenvalue weighted by atomic mass is 14.8. The summed E-state index contributed by atoms with van der Waals surface area (Å²) >= 11 is 0. The van der Waals surface area contributed by atoms with Gasteiger partial charge in [0.15, 0.2) is 0 Å². The number of anilines is 1. The van der Waals surface area contributed by atoms with E-state index in [1.165, 1.54) is 23.9 Å². The second kappa shape index (κ2) is 5.05. The third kappa shape index (κ3) is 2.37. The zero-order valence-corrected chi connectivity index (χ0v) is 13.6. The Hall–Kier alpha value is -2.42. The van der Waals surface area contributed by atoms with Crippen molar-refractivity contribution in [1.29, 1.82) is 0 Å². The number of benzene rings is 1. The second-order valence-electron chi connectivity index (χ2n) is 6.72. The van der Waals surface area contributed by atoms with Crippen LogP contribution in [-0.2, 0) is 11.8 Å². The maximum atomic E-state index is 5.86. The predicted octanol–water partition coefficient (Wildman–Crippen LogP) is 4.49. The summed E-state index contributed by atoms with van der Waals surface area (Å²) in [6.07, 6.45) is 3.32. The predicted molar refractivity (Wildman–Crippen MR) is 95.4 cm³/mol. The van der Waals surface area contributed by atoms with E-state index in [0.717, 1.165) is 28.8 Å². The Kier molecular flexibility index (Phi) is 3.12. The third-order valence-electron chi connectivity index (χ3n) is 4.96. The first-order valence-corrected chi connectivity index (χ1v) is 8.27. The molecule has 2 N–H and O–H groups in total. The van der Waals surface area contributed by atoms with Crippen LogP contribution in [0.2, 0.25) is 0 Å². The number of pyridine rings is 2. The van der Waals surface area contributed by atoms with E-state index in [0.29, 0.717) is 5.82 Å². The summed E-state index contributed by atoms with van der Waals surface area (Å²) in [5.41, 5.74) is 11.7. The van der Waals surface area contributed by atoms with Crippen LogP contribution in [0.15, 0.2) is 42.5 Å². The summed E-state index contributed by atoms with van der Waals surface area (Å²) < 4.78 is 0. The van der Waals surface area contributed by atoms with Crippen LogP contribution < -0.4 is 5.73 Å². The zero-order valence-electron chi connectivity index (χ0n) is 13.6. The summed E-state index contributed by atoms with van der Waals surface area (Å²) in [5, 5.41) is 1.18. The summed E-state index contributed by atoms with van der Waals surface area (Å²) in [4.78, 5) is 9.53. The Morgan fingerprint density at radius 1 is 1.00 bits per heavy atom. The Morgan fingerprint density at radius 2 is 1.83 bits per heavy atom. The molecule has 1 aliphatic rings. The molecule has 4 rings (SSSR count). The van der Waals surface area contributed by atoms with E-state index < -0.39 is 0 Å². The zero-order chi connectivity index (χ0) is 16.0. The van der Waals surface area contributed by atoms with Crippen molar-refractivity contribution >= 4 is 16.7 Å². The van der Waals surface area contributed by atoms with Crippen molar-refractivity contribution in [2.45, 2.75) is 38.5 Å². The van der Waals surface area contributed by atoms with Crippen LogP contribution in [0.25, 0.3) is 22.0 Å². The molecule has 3 heteroatoms. The van der Waals surface area contributed by atoms with Crippen molar-refractivity contribution in [3.63, 3.8) is 0 Å². The fourth-order valence-electron chi connectivity index (χ4n) is 3.18. The molecule has 116 valence electrons. The molecule has 0 spiro atoms. The summed E-state index contributed by atoms with van der Waals surface area (Å²) in [5.74, 6) is 0.574. The van der Waals surface area contributed by atoms with Crippen molar-refractivity contribution in [2.75, 3.05) is 5.73 Å². The first kappa shape index (κ1) is 14.2. The quantitative estimate of drug-likeness (QED) is 0.775. The number of hydrogen-bond donors (Lipinski definition) is 1. The molecule has 1 saturated carbocycles. The molecule has 1 fully saturated rings. The van der Waals surface area contributed by atoms with Gasteiger partial charge in [0.05, 0.1) is 11.2 Å². The largest absolute Gasteiger partial charge is 0.384 e. The van der Waals surface area contributed by atoms with Crippen molar-refractivity contribution in [2.24, 2.45) is 0 Å². The van der Waals surface area contributed by atoms with Crippen LogP contribution in [0.5, 0.6) is 0 Å². The number of fused-ring (bicyclic) bond motifs is 1. The van der Waals surface area contributed by atoms with E-state index in [9.17, 15) is 0 Å². The standard InChI is InChI=1S/C20H21N3/c1-3-16-14(8-10-18(21)22-16)15-6-4-5-13-7-9-17(23-19(13)15)20(2)11-12-20/h4-10H,3,11-12H2,1-2H3,(H2,21,22). The summed E-state index contributed by atoms with van der Waals surface area (Å²) in [6, 6.07) is 14.7. The molecule has 0 radical (unpaired) electrons. The molecule has 0 saturated heterocycles. The Balaban J connectivity index is 1.96. The number of hydrogen-bond acceptors (Lipinski definition) is 3. The Labute approximate surface area is 136 Å². The highest BCUT2D eigenvalue weighted by molar-refractivity contribution is 5.94. The average molecular weight is 303 g/mol. The van der Waals surface area contributed by atoms with Gasteiger partial charge in [-0.1, -0.05) is 38.1 Å². The van der Waals surface area contributed by atoms with Crippen molar-refractivity contribution in [3.05, 3.63) is 53.9 Å². The molecule has 0 amide bonds. The lowest BCUT2D eigenvalue weighted by Gasteiger charge is -2.13. The first-order chi connectivity index (χ1) is 11.1. The highest BCUT2D eigenvalue weighted by Gasteiger charge is 2.40. The van der Waals surface area contributed by atoms with E-state index in [-0.39, 0.29) is 5.41 Å². The molecule has 1 aliphatic carbocycles. The molecule has 0 unspecified atom stereocenters. The van der Waals surface area contributed by atoms with E-state index >= 15 is 0 Å². The topological polar surface area (TPSA) is 51.8 Å². The smallest absolute Gasteiger partial charge is 0.123 e. The summed E-state index contributed by atoms with van der Waals surface area (Å²) in [7, 11) is 0. The van der Waals surface area contributed by atoms with Crippen LogP contribution in [0.4, 0.5) is 5.82 Å². The highest BCUT2D eigenvalue weighted by Crippen LogP contribution is 2.47. The fraction of sp³-hybridized carbons (Fsp3) is 0.300. The van der Waals surface area contributed by atoms with Crippen molar-refractivity contribution in [3.8, 4) is 11.1 Å². The fourth-order valence-corrected chi connectivity index (χ4v) is 3.18. The molecule has 2 heterocycles. The summed E-state index contributed by atoms with van der Waals surface area (Å²) in [6.45, 7) is 4.41. The molecular weight excluding hydrogens is 282 g/mol. The first-order valence-electron chi connectivity index (χ1n) is 8.27. The number of nitrogen functional groups attached to an aromatic ring is 1. The Morgan fingerprint density at radius 3 is 2.57 bits per heavy atom. The molecule has 0 aliphatic heterocycles. The van der Waals surface area contributed by atoms with Crippen LogP contribution >= 0.6 is 0 Å². The lowest BCUT2D eigenvalue weighted by atomic mass is 9.97. The number of aryl methyl sites for hydroxylation is 1. The van der Waals surface area contributed by atoms with Crippen molar-refractivity contribution < 1.29 is 0 Å². The van der Waals surface area contributed by atoms with Gasteiger partial charge in [0.25, 0.3) is 0 Å². The minimum Gasteiger partial charge on any atom is -0.384 e. The molecular formula is C20H21N3. The van der Waals surface area contributed by atoms with Crippen LogP contribution in [0.1, 0.15) is 38.1 Å². The van der Waals surface area contributed by atoms with E-state index in [4.69, 9.17) is 10.7 Å². The number of rotatable bonds is 3. The molecule has 23 heavy (non-hydrogen) atoms. The van der Waals surface area contributed by atoms with E-state index in [1.54, 1.807) is 0 Å². The number of aromatic nitrogens is 2. The maximum absolute atomic E-state index is 5.86. The molecule has 0 bridgehead atoms. The van der Waals surface area contributed by atoms with Gasteiger partial charge < -0.3 is 5.73 Å². The average Bonchev–Trinajstić information content (AvgIpc) is 3.33. The number of nitrogens with two attached hydrogens (primary N) is 1. The minimum atomic E-state index is 0.272. The van der Waals surface area contributed by atoms with E-state index in [2.05, 4.69) is 55.2 Å². The molecule has 0 atom stereocenters. The molecule has 2 aromatic heterocycles. The van der Waals surface area contributed by atoms with Gasteiger partial charge in [-0.05, 0) is 37.5 Å². The number of para-hydroxylation sites is 1. The Bertz CT molecular complexity index is 895.